The molecule has 4 saturated carbocycles. The summed E-state index contributed by atoms with van der Waals surface area (Å²) >= 11 is 3.94. The van der Waals surface area contributed by atoms with Crippen LogP contribution in [0, 0.1) is 17.3 Å². The van der Waals surface area contributed by atoms with Gasteiger partial charge in [-0.25, -0.2) is 0 Å². The summed E-state index contributed by atoms with van der Waals surface area (Å²) in [6.45, 7) is 4.12. The van der Waals surface area contributed by atoms with Gasteiger partial charge in [0.1, 0.15) is 0 Å². The zero-order valence-corrected chi connectivity index (χ0v) is 17.0. The number of carbonyl (C=O) groups excluding carboxylic acids is 2. The van der Waals surface area contributed by atoms with E-state index in [1.54, 1.807) is 0 Å². The molecule has 5 aliphatic rings. The van der Waals surface area contributed by atoms with Crippen LogP contribution in [0.3, 0.4) is 0 Å². The van der Waals surface area contributed by atoms with Crippen LogP contribution in [0.2, 0.25) is 0 Å². The molecule has 1 amide bonds. The fraction of sp³-hybridized carbons (Fsp3) is 0.900. The Bertz CT molecular complexity index is 553. The predicted molar refractivity (Wildman–Crippen MR) is 99.4 cm³/mol. The smallest absolute Gasteiger partial charge is 0.312 e. The molecule has 1 heterocycles. The van der Waals surface area contributed by atoms with Crippen molar-refractivity contribution in [3.8, 4) is 0 Å². The Labute approximate surface area is 159 Å². The molecule has 4 unspecified atom stereocenters. The zero-order chi connectivity index (χ0) is 17.8. The first-order valence-corrected chi connectivity index (χ1v) is 10.8. The molecule has 4 nitrogen and oxygen atoms in total. The average molecular weight is 412 g/mol. The van der Waals surface area contributed by atoms with Crippen LogP contribution in [-0.2, 0) is 14.3 Å². The van der Waals surface area contributed by atoms with Gasteiger partial charge in [0.15, 0.2) is 6.61 Å². The molecular formula is C20H30BrNO3. The molecule has 4 aliphatic carbocycles. The molecule has 0 aromatic rings. The van der Waals surface area contributed by atoms with E-state index in [1.165, 1.54) is 25.7 Å². The Balaban J connectivity index is 1.40. The topological polar surface area (TPSA) is 46.6 Å². The van der Waals surface area contributed by atoms with Crippen LogP contribution in [0.5, 0.6) is 0 Å². The largest absolute Gasteiger partial charge is 0.455 e. The number of hydrogen-bond acceptors (Lipinski definition) is 3. The fourth-order valence-electron chi connectivity index (χ4n) is 6.66. The average Bonchev–Trinajstić information content (AvgIpc) is 2.50. The van der Waals surface area contributed by atoms with Gasteiger partial charge in [-0.2, -0.15) is 0 Å². The maximum absolute atomic E-state index is 13.0. The number of carbonyl (C=O) groups is 2. The van der Waals surface area contributed by atoms with Crippen molar-refractivity contribution >= 4 is 27.8 Å². The van der Waals surface area contributed by atoms with Gasteiger partial charge in [-0.1, -0.05) is 15.9 Å². The summed E-state index contributed by atoms with van der Waals surface area (Å²) in [5.41, 5.74) is -0.340. The molecule has 1 saturated heterocycles. The Hall–Kier alpha value is -0.580. The van der Waals surface area contributed by atoms with E-state index in [1.807, 2.05) is 4.90 Å². The minimum absolute atomic E-state index is 0.0219. The number of alkyl halides is 1. The second-order valence-electron chi connectivity index (χ2n) is 9.40. The molecule has 5 heteroatoms. The number of rotatable bonds is 3. The summed E-state index contributed by atoms with van der Waals surface area (Å²) < 4.78 is 5.77. The van der Waals surface area contributed by atoms with Gasteiger partial charge in [0.2, 0.25) is 0 Å². The Morgan fingerprint density at radius 3 is 2.24 bits per heavy atom. The van der Waals surface area contributed by atoms with Gasteiger partial charge < -0.3 is 9.64 Å². The first kappa shape index (κ1) is 17.8. The van der Waals surface area contributed by atoms with Crippen molar-refractivity contribution in [1.82, 2.24) is 4.90 Å². The molecule has 140 valence electrons. The van der Waals surface area contributed by atoms with Gasteiger partial charge >= 0.3 is 5.97 Å². The number of hydrogen-bond donors (Lipinski definition) is 0. The standard InChI is InChI=1S/C20H30BrNO3/c1-13-4-3-5-14(2)22(13)17(23)11-25-18(24)19-7-15-6-16(8-19)10-20(21,9-15)12-19/h13-16H,3-12H2,1-2H3. The summed E-state index contributed by atoms with van der Waals surface area (Å²) in [5.74, 6) is 1.15. The van der Waals surface area contributed by atoms with E-state index in [4.69, 9.17) is 4.74 Å². The minimum Gasteiger partial charge on any atom is -0.455 e. The summed E-state index contributed by atoms with van der Waals surface area (Å²) in [7, 11) is 0. The van der Waals surface area contributed by atoms with Crippen molar-refractivity contribution in [2.24, 2.45) is 17.3 Å². The molecule has 25 heavy (non-hydrogen) atoms. The fourth-order valence-corrected chi connectivity index (χ4v) is 8.11. The third-order valence-corrected chi connectivity index (χ3v) is 8.16. The molecule has 0 aromatic carbocycles. The van der Waals surface area contributed by atoms with E-state index < -0.39 is 0 Å². The third-order valence-electron chi connectivity index (χ3n) is 7.23. The molecule has 4 bridgehead atoms. The highest BCUT2D eigenvalue weighted by atomic mass is 79.9. The number of amides is 1. The lowest BCUT2D eigenvalue weighted by atomic mass is 9.49. The third kappa shape index (κ3) is 3.15. The number of esters is 1. The highest BCUT2D eigenvalue weighted by Gasteiger charge is 2.60. The second-order valence-corrected chi connectivity index (χ2v) is 11.1. The molecule has 1 aliphatic heterocycles. The lowest BCUT2D eigenvalue weighted by Crippen LogP contribution is -2.56. The van der Waals surface area contributed by atoms with E-state index in [9.17, 15) is 9.59 Å². The summed E-state index contributed by atoms with van der Waals surface area (Å²) in [6, 6.07) is 0.501. The highest BCUT2D eigenvalue weighted by molar-refractivity contribution is 9.10. The van der Waals surface area contributed by atoms with Crippen LogP contribution >= 0.6 is 15.9 Å². The Morgan fingerprint density at radius 1 is 1.08 bits per heavy atom. The van der Waals surface area contributed by atoms with Crippen molar-refractivity contribution in [1.29, 1.82) is 0 Å². The minimum atomic E-state index is -0.340. The van der Waals surface area contributed by atoms with Crippen molar-refractivity contribution in [3.63, 3.8) is 0 Å². The summed E-state index contributed by atoms with van der Waals surface area (Å²) in [6.07, 6.45) is 9.72. The predicted octanol–water partition coefficient (Wildman–Crippen LogP) is 4.05. The number of likely N-dealkylation sites (tertiary alicyclic amines) is 1. The van der Waals surface area contributed by atoms with Gasteiger partial charge in [0.25, 0.3) is 5.91 Å². The second kappa shape index (κ2) is 6.24. The molecule has 0 spiro atoms. The van der Waals surface area contributed by atoms with Gasteiger partial charge in [0, 0.05) is 16.4 Å². The van der Waals surface area contributed by atoms with E-state index in [0.29, 0.717) is 11.8 Å². The van der Waals surface area contributed by atoms with Crippen LogP contribution in [0.4, 0.5) is 0 Å². The van der Waals surface area contributed by atoms with Crippen molar-refractivity contribution in [2.45, 2.75) is 88.0 Å². The number of ether oxygens (including phenoxy) is 1. The van der Waals surface area contributed by atoms with E-state index in [2.05, 4.69) is 29.8 Å². The highest BCUT2D eigenvalue weighted by Crippen LogP contribution is 2.64. The maximum Gasteiger partial charge on any atom is 0.312 e. The van der Waals surface area contributed by atoms with Gasteiger partial charge in [-0.3, -0.25) is 9.59 Å². The first-order valence-electron chi connectivity index (χ1n) is 9.98. The van der Waals surface area contributed by atoms with Gasteiger partial charge in [0.05, 0.1) is 5.41 Å². The Morgan fingerprint density at radius 2 is 1.68 bits per heavy atom. The molecular weight excluding hydrogens is 382 g/mol. The SMILES string of the molecule is CC1CCCC(C)N1C(=O)COC(=O)C12CC3CC(CC(Br)(C3)C1)C2. The zero-order valence-electron chi connectivity index (χ0n) is 15.4. The molecule has 4 atom stereocenters. The summed E-state index contributed by atoms with van der Waals surface area (Å²) in [4.78, 5) is 27.6. The molecule has 0 aromatic heterocycles. The lowest BCUT2D eigenvalue weighted by Gasteiger charge is -2.58. The quantitative estimate of drug-likeness (QED) is 0.519. The van der Waals surface area contributed by atoms with Gasteiger partial charge in [-0.15, -0.1) is 0 Å². The first-order chi connectivity index (χ1) is 11.8. The Kier molecular flexibility index (Phi) is 4.45. The van der Waals surface area contributed by atoms with Crippen LogP contribution in [-0.4, -0.2) is 39.8 Å². The molecule has 0 radical (unpaired) electrons. The van der Waals surface area contributed by atoms with E-state index >= 15 is 0 Å². The van der Waals surface area contributed by atoms with Crippen molar-refractivity contribution < 1.29 is 14.3 Å². The van der Waals surface area contributed by atoms with Crippen LogP contribution < -0.4 is 0 Å². The van der Waals surface area contributed by atoms with E-state index in [-0.39, 0.29) is 40.3 Å². The van der Waals surface area contributed by atoms with Gasteiger partial charge in [-0.05, 0) is 83.5 Å². The number of piperidine rings is 1. The van der Waals surface area contributed by atoms with Crippen LogP contribution in [0.1, 0.15) is 71.6 Å². The number of halogens is 1. The van der Waals surface area contributed by atoms with Crippen molar-refractivity contribution in [3.05, 3.63) is 0 Å². The molecule has 5 rings (SSSR count). The number of nitrogens with zero attached hydrogens (tertiary/aromatic N) is 1. The monoisotopic (exact) mass is 411 g/mol. The van der Waals surface area contributed by atoms with Crippen LogP contribution in [0.25, 0.3) is 0 Å². The van der Waals surface area contributed by atoms with Crippen molar-refractivity contribution in [2.75, 3.05) is 6.61 Å². The van der Waals surface area contributed by atoms with Crippen LogP contribution in [0.15, 0.2) is 0 Å². The van der Waals surface area contributed by atoms with E-state index in [0.717, 1.165) is 32.1 Å². The maximum atomic E-state index is 13.0. The normalized spacial score (nSPS) is 45.5. The lowest BCUT2D eigenvalue weighted by molar-refractivity contribution is -0.173. The molecule has 0 N–H and O–H groups in total. The molecule has 5 fully saturated rings. The summed E-state index contributed by atoms with van der Waals surface area (Å²) in [5, 5.41) is 0.